The van der Waals surface area contributed by atoms with Crippen LogP contribution in [0.15, 0.2) is 11.6 Å². The Balaban J connectivity index is 0.972. The fourth-order valence-electron chi connectivity index (χ4n) is 12.5. The number of rotatable bonds is 45. The zero-order chi connectivity index (χ0) is 57.9. The van der Waals surface area contributed by atoms with Crippen molar-refractivity contribution in [1.82, 2.24) is 5.32 Å². The molecule has 466 valence electrons. The Morgan fingerprint density at radius 3 is 1.59 bits per heavy atom. The second-order valence-corrected chi connectivity index (χ2v) is 24.0. The molecule has 80 heavy (non-hydrogen) atoms. The minimum absolute atomic E-state index is 0.0927. The van der Waals surface area contributed by atoms with Crippen molar-refractivity contribution < 1.29 is 85.4 Å². The second-order valence-electron chi connectivity index (χ2n) is 24.0. The molecular formula is C61H109NO18. The third kappa shape index (κ3) is 26.9. The van der Waals surface area contributed by atoms with Crippen LogP contribution in [0.3, 0.4) is 0 Å². The summed E-state index contributed by atoms with van der Waals surface area (Å²) in [6, 6.07) is -1.28. The minimum atomic E-state index is -1.28. The monoisotopic (exact) mass is 1140 g/mol. The number of hydrogen-bond acceptors (Lipinski definition) is 18. The van der Waals surface area contributed by atoms with Gasteiger partial charge in [0.25, 0.3) is 0 Å². The molecule has 0 aromatic rings. The molecular weight excluding hydrogens is 1030 g/mol. The summed E-state index contributed by atoms with van der Waals surface area (Å²) in [6.45, 7) is 27.3. The lowest BCUT2D eigenvalue weighted by Gasteiger charge is -2.58. The molecule has 0 bridgehead atoms. The highest BCUT2D eigenvalue weighted by atomic mass is 16.7. The molecule has 3 fully saturated rings. The number of carbonyl (C=O) groups excluding carboxylic acids is 3. The zero-order valence-corrected chi connectivity index (χ0v) is 51.0. The van der Waals surface area contributed by atoms with Crippen molar-refractivity contribution in [3.63, 3.8) is 0 Å². The summed E-state index contributed by atoms with van der Waals surface area (Å²) in [5, 5.41) is 2.52. The van der Waals surface area contributed by atoms with Crippen molar-refractivity contribution >= 4 is 18.2 Å². The quantitative estimate of drug-likeness (QED) is 0.0261. The Kier molecular flexibility index (Phi) is 34.7. The van der Waals surface area contributed by atoms with Crippen LogP contribution >= 0.6 is 0 Å². The number of alkyl carbamates (subject to hydrolysis) is 1. The van der Waals surface area contributed by atoms with E-state index in [1.807, 2.05) is 0 Å². The molecule has 4 aliphatic rings. The van der Waals surface area contributed by atoms with E-state index < -0.39 is 36.5 Å². The van der Waals surface area contributed by atoms with Gasteiger partial charge in [0, 0.05) is 20.1 Å². The van der Waals surface area contributed by atoms with Crippen molar-refractivity contribution in [1.29, 1.82) is 0 Å². The van der Waals surface area contributed by atoms with E-state index in [-0.39, 0.29) is 18.1 Å². The summed E-state index contributed by atoms with van der Waals surface area (Å²) >= 11 is 0. The molecule has 0 heterocycles. The maximum Gasteiger partial charge on any atom is 0.508 e. The SMILES string of the molecule is COCCOCCOCCOCCOCCOCCOCCOCCOCCOCCOCCCCOC(=O)[C@H](COC(=O)OC1CC[C@]2(C)C(=CC[C@@H]3[C@H]4CC[C@@H]([C@@H](C)CCCC(C)C)[C@]4(C)CC[C@H]32)C1)NC(=O)OC(C)(C)C. The van der Waals surface area contributed by atoms with E-state index in [0.717, 1.165) is 48.9 Å². The molecule has 1 unspecified atom stereocenters. The summed E-state index contributed by atoms with van der Waals surface area (Å²) in [5.74, 6) is 3.80. The molecule has 1 amide bonds. The van der Waals surface area contributed by atoms with Crippen molar-refractivity contribution in [2.24, 2.45) is 46.3 Å². The number of allylic oxidation sites excluding steroid dienone is 1. The van der Waals surface area contributed by atoms with Crippen LogP contribution in [-0.2, 0) is 75.8 Å². The van der Waals surface area contributed by atoms with Crippen LogP contribution in [0, 0.1) is 46.3 Å². The molecule has 19 nitrogen and oxygen atoms in total. The van der Waals surface area contributed by atoms with Crippen LogP contribution < -0.4 is 5.32 Å². The van der Waals surface area contributed by atoms with Crippen LogP contribution in [-0.4, -0.2) is 195 Å². The molecule has 0 saturated heterocycles. The molecule has 9 atom stereocenters. The van der Waals surface area contributed by atoms with Gasteiger partial charge in [-0.3, -0.25) is 0 Å². The molecule has 0 spiro atoms. The van der Waals surface area contributed by atoms with Gasteiger partial charge in [0.05, 0.1) is 139 Å². The van der Waals surface area contributed by atoms with Crippen molar-refractivity contribution in [3.8, 4) is 0 Å². The maximum absolute atomic E-state index is 13.2. The summed E-state index contributed by atoms with van der Waals surface area (Å²) < 4.78 is 82.3. The van der Waals surface area contributed by atoms with Gasteiger partial charge in [0.2, 0.25) is 0 Å². The number of unbranched alkanes of at least 4 members (excludes halogenated alkanes) is 1. The van der Waals surface area contributed by atoms with Crippen molar-refractivity contribution in [2.45, 2.75) is 157 Å². The fourth-order valence-corrected chi connectivity index (χ4v) is 12.5. The molecule has 0 aromatic heterocycles. The Hall–Kier alpha value is -2.69. The number of fused-ring (bicyclic) bond motifs is 5. The first kappa shape index (κ1) is 69.8. The largest absolute Gasteiger partial charge is 0.508 e. The smallest absolute Gasteiger partial charge is 0.464 e. The first-order valence-electron chi connectivity index (χ1n) is 30.5. The fraction of sp³-hybridized carbons (Fsp3) is 0.918. The van der Waals surface area contributed by atoms with Gasteiger partial charge in [-0.05, 0) is 125 Å². The molecule has 0 aliphatic heterocycles. The van der Waals surface area contributed by atoms with E-state index in [9.17, 15) is 14.4 Å². The lowest BCUT2D eigenvalue weighted by molar-refractivity contribution is -0.147. The zero-order valence-electron chi connectivity index (χ0n) is 51.0. The van der Waals surface area contributed by atoms with Gasteiger partial charge >= 0.3 is 18.2 Å². The van der Waals surface area contributed by atoms with Crippen LogP contribution in [0.4, 0.5) is 9.59 Å². The minimum Gasteiger partial charge on any atom is -0.464 e. The second kappa shape index (κ2) is 39.8. The number of esters is 1. The third-order valence-corrected chi connectivity index (χ3v) is 16.6. The van der Waals surface area contributed by atoms with Crippen LogP contribution in [0.2, 0.25) is 0 Å². The Bertz CT molecular complexity index is 1700. The van der Waals surface area contributed by atoms with E-state index >= 15 is 0 Å². The van der Waals surface area contributed by atoms with Gasteiger partial charge in [-0.1, -0.05) is 65.5 Å². The van der Waals surface area contributed by atoms with Gasteiger partial charge in [-0.2, -0.15) is 0 Å². The highest BCUT2D eigenvalue weighted by molar-refractivity contribution is 5.82. The van der Waals surface area contributed by atoms with Crippen molar-refractivity contribution in [3.05, 3.63) is 11.6 Å². The topological polar surface area (TPSA) is 202 Å². The maximum atomic E-state index is 13.2. The van der Waals surface area contributed by atoms with Gasteiger partial charge in [0.15, 0.2) is 6.04 Å². The van der Waals surface area contributed by atoms with E-state index in [1.165, 1.54) is 50.5 Å². The number of amides is 1. The molecule has 1 N–H and O–H groups in total. The van der Waals surface area contributed by atoms with Gasteiger partial charge in [-0.15, -0.1) is 0 Å². The molecule has 3 saturated carbocycles. The van der Waals surface area contributed by atoms with E-state index in [1.54, 1.807) is 27.9 Å². The Morgan fingerprint density at radius 1 is 0.588 bits per heavy atom. The molecule has 19 heteroatoms. The number of hydrogen-bond donors (Lipinski definition) is 1. The lowest BCUT2D eigenvalue weighted by Crippen LogP contribution is -2.51. The van der Waals surface area contributed by atoms with Gasteiger partial charge < -0.3 is 76.4 Å². The highest BCUT2D eigenvalue weighted by Crippen LogP contribution is 2.67. The standard InChI is InChI=1S/C61H109NO18/c1-47(2)13-12-14-48(3)52-17-18-53-51-16-15-49-45-50(19-21-60(49,7)54(51)20-22-61(52,53)8)79-58(65)78-46-55(62-57(64)80-59(4,5)6)56(63)77-24-11-10-23-67-27-28-69-31-32-71-35-36-73-39-40-75-43-44-76-42-41-74-38-37-72-34-33-70-30-29-68-26-25-66-9/h15,47-48,50-55H,10-14,16-46H2,1-9H3,(H,62,64)/t48-,50?,51+,52-,53+,54+,55-,60+,61-/m0/s1. The van der Waals surface area contributed by atoms with E-state index in [0.29, 0.717) is 169 Å². The van der Waals surface area contributed by atoms with Gasteiger partial charge in [0.1, 0.15) is 18.3 Å². The Labute approximate surface area is 481 Å². The lowest BCUT2D eigenvalue weighted by atomic mass is 9.47. The summed E-state index contributed by atoms with van der Waals surface area (Å²) in [6.07, 6.45) is 14.5. The molecule has 0 radical (unpaired) electrons. The highest BCUT2D eigenvalue weighted by Gasteiger charge is 2.59. The summed E-state index contributed by atoms with van der Waals surface area (Å²) in [4.78, 5) is 39.1. The van der Waals surface area contributed by atoms with Crippen LogP contribution in [0.5, 0.6) is 0 Å². The average molecular weight is 1140 g/mol. The normalized spacial score (nSPS) is 24.3. The number of methoxy groups -OCH3 is 1. The van der Waals surface area contributed by atoms with Crippen LogP contribution in [0.25, 0.3) is 0 Å². The first-order chi connectivity index (χ1) is 38.6. The van der Waals surface area contributed by atoms with E-state index in [2.05, 4.69) is 46.0 Å². The van der Waals surface area contributed by atoms with E-state index in [4.69, 9.17) is 71.1 Å². The third-order valence-electron chi connectivity index (χ3n) is 16.6. The Morgan fingerprint density at radius 2 is 1.09 bits per heavy atom. The molecule has 4 rings (SSSR count). The summed E-state index contributed by atoms with van der Waals surface area (Å²) in [7, 11) is 1.64. The predicted octanol–water partition coefficient (Wildman–Crippen LogP) is 9.58. The number of ether oxygens (including phenoxy) is 15. The predicted molar refractivity (Wildman–Crippen MR) is 303 cm³/mol. The van der Waals surface area contributed by atoms with Gasteiger partial charge in [-0.25, -0.2) is 14.4 Å². The molecule has 4 aliphatic carbocycles. The first-order valence-corrected chi connectivity index (χ1v) is 30.5. The summed E-state index contributed by atoms with van der Waals surface area (Å²) in [5.41, 5.74) is 1.16. The number of carbonyl (C=O) groups is 3. The number of nitrogens with one attached hydrogen (secondary N) is 1. The van der Waals surface area contributed by atoms with Crippen molar-refractivity contribution in [2.75, 3.05) is 159 Å². The molecule has 0 aromatic carbocycles. The van der Waals surface area contributed by atoms with Crippen LogP contribution in [0.1, 0.15) is 139 Å². The average Bonchev–Trinajstić information content (AvgIpc) is 3.99.